The Kier molecular flexibility index (Phi) is 4.24. The van der Waals surface area contributed by atoms with Crippen LogP contribution in [0.25, 0.3) is 0 Å². The van der Waals surface area contributed by atoms with Gasteiger partial charge in [-0.2, -0.15) is 0 Å². The third-order valence-corrected chi connectivity index (χ3v) is 8.31. The van der Waals surface area contributed by atoms with Crippen LogP contribution in [0, 0.1) is 22.7 Å². The van der Waals surface area contributed by atoms with E-state index in [1.165, 1.54) is 24.8 Å². The smallest absolute Gasteiger partial charge is 0.128 e. The van der Waals surface area contributed by atoms with Gasteiger partial charge in [0.1, 0.15) is 23.9 Å². The SMILES string of the molecule is CC1=CC[C@@H]2C(C)(C)CCC[C@]2(C)[C@@H]1C[C@@]12O[C@@H]1[C@@H](O)C(CO)=C[C@@H]2O. The molecule has 7 atom stereocenters. The van der Waals surface area contributed by atoms with Gasteiger partial charge in [0.25, 0.3) is 0 Å². The Hall–Kier alpha value is -0.680. The molecule has 0 aromatic rings. The van der Waals surface area contributed by atoms with Crippen molar-refractivity contribution in [3.8, 4) is 0 Å². The first-order valence-corrected chi connectivity index (χ1v) is 10.2. The molecule has 0 unspecified atom stereocenters. The molecule has 0 spiro atoms. The minimum atomic E-state index is -0.803. The molecular formula is C22H34O4. The largest absolute Gasteiger partial charge is 0.392 e. The van der Waals surface area contributed by atoms with Crippen molar-refractivity contribution in [1.29, 1.82) is 0 Å². The van der Waals surface area contributed by atoms with Crippen LogP contribution in [0.5, 0.6) is 0 Å². The molecule has 1 aliphatic heterocycles. The summed E-state index contributed by atoms with van der Waals surface area (Å²) in [6, 6.07) is 0. The maximum Gasteiger partial charge on any atom is 0.128 e. The molecule has 4 nitrogen and oxygen atoms in total. The number of hydrogen-bond donors (Lipinski definition) is 3. The first-order valence-electron chi connectivity index (χ1n) is 10.2. The molecule has 2 fully saturated rings. The number of aliphatic hydroxyl groups is 3. The van der Waals surface area contributed by atoms with Gasteiger partial charge in [0.05, 0.1) is 6.61 Å². The lowest BCUT2D eigenvalue weighted by atomic mass is 9.47. The molecule has 4 heteroatoms. The van der Waals surface area contributed by atoms with E-state index < -0.39 is 23.9 Å². The monoisotopic (exact) mass is 362 g/mol. The van der Waals surface area contributed by atoms with E-state index in [1.54, 1.807) is 6.08 Å². The molecule has 0 bridgehead atoms. The van der Waals surface area contributed by atoms with Gasteiger partial charge in [0.2, 0.25) is 0 Å². The Bertz CT molecular complexity index is 651. The van der Waals surface area contributed by atoms with Crippen LogP contribution in [0.1, 0.15) is 59.8 Å². The second-order valence-corrected chi connectivity index (χ2v) is 10.1. The average molecular weight is 363 g/mol. The van der Waals surface area contributed by atoms with Crippen molar-refractivity contribution >= 4 is 0 Å². The van der Waals surface area contributed by atoms with E-state index in [9.17, 15) is 15.3 Å². The van der Waals surface area contributed by atoms with Crippen LogP contribution in [0.3, 0.4) is 0 Å². The normalized spacial score (nSPS) is 49.6. The van der Waals surface area contributed by atoms with E-state index in [0.29, 0.717) is 22.8 Å². The van der Waals surface area contributed by atoms with Gasteiger partial charge < -0.3 is 20.1 Å². The summed E-state index contributed by atoms with van der Waals surface area (Å²) in [5.74, 6) is 0.997. The second-order valence-electron chi connectivity index (χ2n) is 10.1. The van der Waals surface area contributed by atoms with Gasteiger partial charge >= 0.3 is 0 Å². The molecule has 0 radical (unpaired) electrons. The Morgan fingerprint density at radius 2 is 1.92 bits per heavy atom. The van der Waals surface area contributed by atoms with Crippen molar-refractivity contribution in [3.05, 3.63) is 23.3 Å². The fraction of sp³-hybridized carbons (Fsp3) is 0.818. The third kappa shape index (κ3) is 2.49. The average Bonchev–Trinajstić information content (AvgIpc) is 3.30. The number of aliphatic hydroxyl groups excluding tert-OH is 3. The minimum Gasteiger partial charge on any atom is -0.392 e. The zero-order chi connectivity index (χ0) is 18.9. The number of fused-ring (bicyclic) bond motifs is 2. The molecule has 0 amide bonds. The zero-order valence-electron chi connectivity index (χ0n) is 16.5. The van der Waals surface area contributed by atoms with Crippen molar-refractivity contribution < 1.29 is 20.1 Å². The van der Waals surface area contributed by atoms with Crippen LogP contribution in [-0.2, 0) is 4.74 Å². The molecule has 3 aliphatic carbocycles. The van der Waals surface area contributed by atoms with Gasteiger partial charge in [-0.3, -0.25) is 0 Å². The summed E-state index contributed by atoms with van der Waals surface area (Å²) in [5.41, 5.74) is 1.73. The Morgan fingerprint density at radius 1 is 1.19 bits per heavy atom. The lowest BCUT2D eigenvalue weighted by Crippen LogP contribution is -2.51. The fourth-order valence-corrected chi connectivity index (χ4v) is 6.69. The first-order chi connectivity index (χ1) is 12.2. The van der Waals surface area contributed by atoms with Crippen LogP contribution in [0.2, 0.25) is 0 Å². The van der Waals surface area contributed by atoms with E-state index in [-0.39, 0.29) is 12.0 Å². The molecule has 0 aromatic carbocycles. The number of epoxide rings is 1. The highest BCUT2D eigenvalue weighted by molar-refractivity contribution is 5.33. The predicted molar refractivity (Wildman–Crippen MR) is 100 cm³/mol. The van der Waals surface area contributed by atoms with Crippen molar-refractivity contribution in [2.24, 2.45) is 22.7 Å². The lowest BCUT2D eigenvalue weighted by molar-refractivity contribution is -0.0506. The third-order valence-electron chi connectivity index (χ3n) is 8.31. The van der Waals surface area contributed by atoms with Gasteiger partial charge in [-0.05, 0) is 66.9 Å². The molecule has 3 N–H and O–H groups in total. The second kappa shape index (κ2) is 5.91. The van der Waals surface area contributed by atoms with Gasteiger partial charge in [-0.1, -0.05) is 38.8 Å². The van der Waals surface area contributed by atoms with Crippen LogP contribution in [0.15, 0.2) is 23.3 Å². The van der Waals surface area contributed by atoms with Gasteiger partial charge in [-0.15, -0.1) is 0 Å². The summed E-state index contributed by atoms with van der Waals surface area (Å²) in [4.78, 5) is 0. The highest BCUT2D eigenvalue weighted by atomic mass is 16.6. The quantitative estimate of drug-likeness (QED) is 0.533. The van der Waals surface area contributed by atoms with Gasteiger partial charge in [-0.25, -0.2) is 0 Å². The molecule has 0 aromatic heterocycles. The summed E-state index contributed by atoms with van der Waals surface area (Å²) in [6.07, 6.45) is 7.70. The van der Waals surface area contributed by atoms with Crippen LogP contribution < -0.4 is 0 Å². The molecule has 1 saturated carbocycles. The Morgan fingerprint density at radius 3 is 2.62 bits per heavy atom. The molecule has 1 saturated heterocycles. The van der Waals surface area contributed by atoms with Crippen molar-refractivity contribution in [2.45, 2.75) is 83.7 Å². The molecule has 4 rings (SSSR count). The molecule has 146 valence electrons. The zero-order valence-corrected chi connectivity index (χ0v) is 16.5. The van der Waals surface area contributed by atoms with Gasteiger partial charge in [0, 0.05) is 0 Å². The van der Waals surface area contributed by atoms with Gasteiger partial charge in [0.15, 0.2) is 0 Å². The first kappa shape index (κ1) is 18.7. The molecular weight excluding hydrogens is 328 g/mol. The van der Waals surface area contributed by atoms with Crippen LogP contribution >= 0.6 is 0 Å². The van der Waals surface area contributed by atoms with E-state index in [0.717, 1.165) is 12.8 Å². The highest BCUT2D eigenvalue weighted by Crippen LogP contribution is 2.63. The van der Waals surface area contributed by atoms with Crippen molar-refractivity contribution in [1.82, 2.24) is 0 Å². The summed E-state index contributed by atoms with van der Waals surface area (Å²) in [5, 5.41) is 30.6. The van der Waals surface area contributed by atoms with E-state index in [4.69, 9.17) is 4.74 Å². The van der Waals surface area contributed by atoms with Crippen molar-refractivity contribution in [2.75, 3.05) is 6.61 Å². The standard InChI is InChI=1S/C22H34O4/c1-13-6-7-16-20(2,3)8-5-9-21(16,4)15(13)11-22-17(24)10-14(12-23)18(25)19(22)26-22/h6,10,15-19,23-25H,5,7-9,11-12H2,1-4H3/t15-,16-,17+,18+,19-,21-,22+/m1/s1. The van der Waals surface area contributed by atoms with Crippen LogP contribution in [-0.4, -0.2) is 45.8 Å². The molecule has 26 heavy (non-hydrogen) atoms. The lowest BCUT2D eigenvalue weighted by Gasteiger charge is -2.57. The summed E-state index contributed by atoms with van der Waals surface area (Å²) in [7, 11) is 0. The summed E-state index contributed by atoms with van der Waals surface area (Å²) >= 11 is 0. The summed E-state index contributed by atoms with van der Waals surface area (Å²) in [6.45, 7) is 9.25. The molecule has 1 heterocycles. The van der Waals surface area contributed by atoms with Crippen LogP contribution in [0.4, 0.5) is 0 Å². The maximum atomic E-state index is 10.7. The number of ether oxygens (including phenoxy) is 1. The van der Waals surface area contributed by atoms with E-state index in [1.807, 2.05) is 0 Å². The number of allylic oxidation sites excluding steroid dienone is 2. The Balaban J connectivity index is 1.65. The summed E-state index contributed by atoms with van der Waals surface area (Å²) < 4.78 is 5.96. The van der Waals surface area contributed by atoms with E-state index in [2.05, 4.69) is 33.8 Å². The van der Waals surface area contributed by atoms with Crippen molar-refractivity contribution in [3.63, 3.8) is 0 Å². The molecule has 4 aliphatic rings. The maximum absolute atomic E-state index is 10.7. The predicted octanol–water partition coefficient (Wildman–Crippen LogP) is 2.97. The number of hydrogen-bond acceptors (Lipinski definition) is 4. The Labute approximate surface area is 156 Å². The van der Waals surface area contributed by atoms with E-state index >= 15 is 0 Å². The fourth-order valence-electron chi connectivity index (χ4n) is 6.69. The minimum absolute atomic E-state index is 0.206. The number of rotatable bonds is 3. The topological polar surface area (TPSA) is 73.2 Å². The highest BCUT2D eigenvalue weighted by Gasteiger charge is 2.68.